The van der Waals surface area contributed by atoms with Crippen LogP contribution < -0.4 is 5.32 Å². The zero-order valence-electron chi connectivity index (χ0n) is 10.2. The lowest BCUT2D eigenvalue weighted by molar-refractivity contribution is -0.384. The summed E-state index contributed by atoms with van der Waals surface area (Å²) in [5.74, 6) is 1.18. The maximum Gasteiger partial charge on any atom is 0.269 e. The first-order valence-electron chi connectivity index (χ1n) is 5.63. The third kappa shape index (κ3) is 4.65. The highest BCUT2D eigenvalue weighted by Crippen LogP contribution is 2.21. The van der Waals surface area contributed by atoms with Crippen LogP contribution in [0.2, 0.25) is 0 Å². The molecule has 0 saturated carbocycles. The Morgan fingerprint density at radius 1 is 1.41 bits per heavy atom. The number of unbranched alkanes of at least 4 members (excludes halogenated alkanes) is 1. The number of thioether (sulfide) groups is 1. The van der Waals surface area contributed by atoms with E-state index >= 15 is 0 Å². The monoisotopic (exact) mass is 254 g/mol. The van der Waals surface area contributed by atoms with E-state index in [1.54, 1.807) is 12.1 Å². The van der Waals surface area contributed by atoms with E-state index in [9.17, 15) is 10.1 Å². The van der Waals surface area contributed by atoms with Crippen molar-refractivity contribution in [3.8, 4) is 0 Å². The molecule has 1 N–H and O–H groups in total. The number of anilines is 1. The number of nitro groups is 1. The van der Waals surface area contributed by atoms with Crippen LogP contribution in [0, 0.1) is 17.0 Å². The van der Waals surface area contributed by atoms with E-state index in [-0.39, 0.29) is 10.6 Å². The number of aryl methyl sites for hydroxylation is 1. The Bertz CT molecular complexity index is 383. The van der Waals surface area contributed by atoms with Gasteiger partial charge < -0.3 is 5.32 Å². The summed E-state index contributed by atoms with van der Waals surface area (Å²) in [7, 11) is 0. The van der Waals surface area contributed by atoms with Crippen molar-refractivity contribution in [3.63, 3.8) is 0 Å². The van der Waals surface area contributed by atoms with E-state index in [4.69, 9.17) is 0 Å². The Kier molecular flexibility index (Phi) is 5.83. The minimum atomic E-state index is -0.366. The number of hydrogen-bond acceptors (Lipinski definition) is 4. The molecular formula is C12H18N2O2S. The van der Waals surface area contributed by atoms with Crippen LogP contribution in [0.4, 0.5) is 11.4 Å². The third-order valence-electron chi connectivity index (χ3n) is 2.51. The minimum absolute atomic E-state index is 0.149. The van der Waals surface area contributed by atoms with Crippen LogP contribution in [-0.2, 0) is 0 Å². The number of rotatable bonds is 7. The molecule has 1 aromatic rings. The molecule has 1 aromatic carbocycles. The number of nitrogens with one attached hydrogen (secondary N) is 1. The van der Waals surface area contributed by atoms with E-state index in [0.717, 1.165) is 24.2 Å². The second kappa shape index (κ2) is 7.17. The van der Waals surface area contributed by atoms with Gasteiger partial charge in [0.1, 0.15) is 0 Å². The zero-order chi connectivity index (χ0) is 12.7. The number of nitrogens with zero attached hydrogens (tertiary/aromatic N) is 1. The highest BCUT2D eigenvalue weighted by atomic mass is 32.2. The zero-order valence-corrected chi connectivity index (χ0v) is 11.0. The summed E-state index contributed by atoms with van der Waals surface area (Å²) >= 11 is 1.85. The Morgan fingerprint density at radius 2 is 2.18 bits per heavy atom. The van der Waals surface area contributed by atoms with E-state index in [1.807, 2.05) is 18.7 Å². The van der Waals surface area contributed by atoms with Gasteiger partial charge >= 0.3 is 0 Å². The number of hydrogen-bond donors (Lipinski definition) is 1. The summed E-state index contributed by atoms with van der Waals surface area (Å²) in [6, 6.07) is 4.92. The smallest absolute Gasteiger partial charge is 0.269 e. The molecule has 0 heterocycles. The maximum absolute atomic E-state index is 10.6. The van der Waals surface area contributed by atoms with Crippen molar-refractivity contribution < 1.29 is 4.92 Å². The lowest BCUT2D eigenvalue weighted by Gasteiger charge is -2.08. The summed E-state index contributed by atoms with van der Waals surface area (Å²) in [6.45, 7) is 2.80. The molecule has 0 bridgehead atoms. The van der Waals surface area contributed by atoms with Gasteiger partial charge in [-0.05, 0) is 43.4 Å². The van der Waals surface area contributed by atoms with Gasteiger partial charge in [0, 0.05) is 24.4 Å². The molecule has 0 atom stereocenters. The molecule has 0 spiro atoms. The summed E-state index contributed by atoms with van der Waals surface area (Å²) < 4.78 is 0. The topological polar surface area (TPSA) is 55.2 Å². The fraction of sp³-hybridized carbons (Fsp3) is 0.500. The first kappa shape index (κ1) is 13.8. The summed E-state index contributed by atoms with van der Waals surface area (Å²) in [5.41, 5.74) is 2.05. The van der Waals surface area contributed by atoms with E-state index in [2.05, 4.69) is 11.6 Å². The molecule has 0 amide bonds. The summed E-state index contributed by atoms with van der Waals surface area (Å²) in [4.78, 5) is 10.2. The molecule has 17 heavy (non-hydrogen) atoms. The highest BCUT2D eigenvalue weighted by molar-refractivity contribution is 7.98. The highest BCUT2D eigenvalue weighted by Gasteiger charge is 2.07. The lowest BCUT2D eigenvalue weighted by atomic mass is 10.1. The molecule has 0 aliphatic heterocycles. The predicted octanol–water partition coefficient (Wildman–Crippen LogP) is 3.46. The molecule has 0 radical (unpaired) electrons. The average molecular weight is 254 g/mol. The number of non-ortho nitro benzene ring substituents is 1. The Morgan fingerprint density at radius 3 is 2.76 bits per heavy atom. The summed E-state index contributed by atoms with van der Waals surface area (Å²) in [6.07, 6.45) is 4.42. The van der Waals surface area contributed by atoms with Crippen LogP contribution in [-0.4, -0.2) is 23.5 Å². The van der Waals surface area contributed by atoms with Crippen molar-refractivity contribution in [2.75, 3.05) is 23.9 Å². The van der Waals surface area contributed by atoms with Crippen LogP contribution in [0.3, 0.4) is 0 Å². The van der Waals surface area contributed by atoms with E-state index in [1.165, 1.54) is 18.2 Å². The van der Waals surface area contributed by atoms with E-state index < -0.39 is 0 Å². The molecule has 0 unspecified atom stereocenters. The fourth-order valence-electron chi connectivity index (χ4n) is 1.55. The largest absolute Gasteiger partial charge is 0.385 e. The Balaban J connectivity index is 2.46. The molecular weight excluding hydrogens is 236 g/mol. The van der Waals surface area contributed by atoms with Crippen LogP contribution in [0.1, 0.15) is 18.4 Å². The molecule has 0 aliphatic carbocycles. The van der Waals surface area contributed by atoms with Crippen molar-refractivity contribution in [3.05, 3.63) is 33.9 Å². The normalized spacial score (nSPS) is 10.2. The third-order valence-corrected chi connectivity index (χ3v) is 3.21. The van der Waals surface area contributed by atoms with E-state index in [0.29, 0.717) is 0 Å². The lowest BCUT2D eigenvalue weighted by Crippen LogP contribution is -2.03. The van der Waals surface area contributed by atoms with Crippen LogP contribution in [0.25, 0.3) is 0 Å². The van der Waals surface area contributed by atoms with Crippen molar-refractivity contribution in [1.29, 1.82) is 0 Å². The number of nitro benzene ring substituents is 1. The summed E-state index contributed by atoms with van der Waals surface area (Å²) in [5, 5.41) is 13.9. The van der Waals surface area contributed by atoms with Gasteiger partial charge in [0.15, 0.2) is 0 Å². The Labute approximate surface area is 106 Å². The molecule has 1 rings (SSSR count). The Hall–Kier alpha value is -1.23. The van der Waals surface area contributed by atoms with Gasteiger partial charge in [0.25, 0.3) is 5.69 Å². The maximum atomic E-state index is 10.6. The van der Waals surface area contributed by atoms with Crippen molar-refractivity contribution >= 4 is 23.1 Å². The average Bonchev–Trinajstić information content (AvgIpc) is 2.30. The van der Waals surface area contributed by atoms with Gasteiger partial charge in [0.2, 0.25) is 0 Å². The molecule has 0 aliphatic rings. The van der Waals surface area contributed by atoms with Crippen molar-refractivity contribution in [2.45, 2.75) is 19.8 Å². The van der Waals surface area contributed by atoms with Gasteiger partial charge in [-0.25, -0.2) is 0 Å². The molecule has 94 valence electrons. The van der Waals surface area contributed by atoms with Gasteiger partial charge in [-0.1, -0.05) is 0 Å². The van der Waals surface area contributed by atoms with Crippen molar-refractivity contribution in [1.82, 2.24) is 0 Å². The standard InChI is InChI=1S/C12H18N2O2S/c1-10-9-11(14(15)16)5-6-12(10)13-7-3-4-8-17-2/h5-6,9,13H,3-4,7-8H2,1-2H3. The minimum Gasteiger partial charge on any atom is -0.385 e. The molecule has 0 fully saturated rings. The quantitative estimate of drug-likeness (QED) is 0.460. The molecule has 0 saturated heterocycles. The van der Waals surface area contributed by atoms with Gasteiger partial charge in [-0.15, -0.1) is 0 Å². The van der Waals surface area contributed by atoms with Gasteiger partial charge in [-0.2, -0.15) is 11.8 Å². The predicted molar refractivity (Wildman–Crippen MR) is 73.9 cm³/mol. The molecule has 5 heteroatoms. The SMILES string of the molecule is CSCCCCNc1ccc([N+](=O)[O-])cc1C. The first-order valence-corrected chi connectivity index (χ1v) is 7.02. The van der Waals surface area contributed by atoms with Gasteiger partial charge in [-0.3, -0.25) is 10.1 Å². The molecule has 4 nitrogen and oxygen atoms in total. The first-order chi connectivity index (χ1) is 8.15. The van der Waals surface area contributed by atoms with Crippen LogP contribution in [0.15, 0.2) is 18.2 Å². The second-order valence-electron chi connectivity index (χ2n) is 3.88. The van der Waals surface area contributed by atoms with Crippen molar-refractivity contribution in [2.24, 2.45) is 0 Å². The second-order valence-corrected chi connectivity index (χ2v) is 4.87. The fourth-order valence-corrected chi connectivity index (χ4v) is 2.05. The van der Waals surface area contributed by atoms with Crippen LogP contribution >= 0.6 is 11.8 Å². The van der Waals surface area contributed by atoms with Crippen LogP contribution in [0.5, 0.6) is 0 Å². The number of benzene rings is 1. The van der Waals surface area contributed by atoms with Gasteiger partial charge in [0.05, 0.1) is 4.92 Å². The molecule has 0 aromatic heterocycles.